The molecule has 0 aliphatic carbocycles. The molecule has 3 amide bonds. The molecule has 0 bridgehead atoms. The van der Waals surface area contributed by atoms with Crippen LogP contribution in [0.3, 0.4) is 0 Å². The summed E-state index contributed by atoms with van der Waals surface area (Å²) in [4.78, 5) is 35.3. The molecule has 0 rings (SSSR count). The maximum atomic E-state index is 11.5. The van der Waals surface area contributed by atoms with Crippen molar-refractivity contribution in [1.82, 2.24) is 15.5 Å². The third kappa shape index (κ3) is 5.03. The molecule has 0 aliphatic heterocycles. The number of carboxylic acids is 1. The molecule has 0 saturated heterocycles. The van der Waals surface area contributed by atoms with E-state index in [1.54, 1.807) is 27.9 Å². The van der Waals surface area contributed by atoms with Crippen LogP contribution >= 0.6 is 0 Å². The first kappa shape index (κ1) is 16.2. The quantitative estimate of drug-likeness (QED) is 0.640. The van der Waals surface area contributed by atoms with Crippen molar-refractivity contribution < 1.29 is 19.5 Å². The maximum Gasteiger partial charge on any atom is 0.326 e. The van der Waals surface area contributed by atoms with Crippen molar-refractivity contribution in [3.05, 3.63) is 0 Å². The number of carbonyl (C=O) groups is 3. The smallest absolute Gasteiger partial charge is 0.326 e. The second-order valence-corrected chi connectivity index (χ2v) is 4.63. The Hall–Kier alpha value is -1.79. The van der Waals surface area contributed by atoms with Crippen molar-refractivity contribution in [2.75, 3.05) is 14.1 Å². The number of carboxylic acid groups (broad SMARTS) is 1. The standard InChI is InChI=1S/C11H21N3O4/c1-6(2)8(10(16)17)13-11(18)12-7(3)9(15)14(4)5/h6-8H,1-5H3,(H,16,17)(H2,12,13,18)/t7?,8-/m0/s1. The molecule has 0 saturated carbocycles. The number of hydrogen-bond acceptors (Lipinski definition) is 3. The van der Waals surface area contributed by atoms with Crippen molar-refractivity contribution in [1.29, 1.82) is 0 Å². The van der Waals surface area contributed by atoms with Crippen LogP contribution in [0.15, 0.2) is 0 Å². The average Bonchev–Trinajstić information content (AvgIpc) is 2.23. The van der Waals surface area contributed by atoms with E-state index in [2.05, 4.69) is 10.6 Å². The van der Waals surface area contributed by atoms with E-state index in [4.69, 9.17) is 5.11 Å². The Kier molecular flexibility index (Phi) is 6.15. The average molecular weight is 259 g/mol. The number of nitrogens with zero attached hydrogens (tertiary/aromatic N) is 1. The van der Waals surface area contributed by atoms with Crippen molar-refractivity contribution in [3.8, 4) is 0 Å². The Morgan fingerprint density at radius 3 is 1.89 bits per heavy atom. The van der Waals surface area contributed by atoms with Crippen LogP contribution in [-0.4, -0.2) is 54.1 Å². The molecule has 2 atom stereocenters. The van der Waals surface area contributed by atoms with Gasteiger partial charge in [0.1, 0.15) is 12.1 Å². The van der Waals surface area contributed by atoms with Gasteiger partial charge < -0.3 is 20.6 Å². The fourth-order valence-electron chi connectivity index (χ4n) is 1.34. The molecule has 1 unspecified atom stereocenters. The van der Waals surface area contributed by atoms with Crippen molar-refractivity contribution >= 4 is 17.9 Å². The number of urea groups is 1. The summed E-state index contributed by atoms with van der Waals surface area (Å²) in [6.07, 6.45) is 0. The van der Waals surface area contributed by atoms with Gasteiger partial charge in [0, 0.05) is 14.1 Å². The van der Waals surface area contributed by atoms with Crippen LogP contribution in [0.5, 0.6) is 0 Å². The topological polar surface area (TPSA) is 98.7 Å². The summed E-state index contributed by atoms with van der Waals surface area (Å²) in [6.45, 7) is 4.91. The van der Waals surface area contributed by atoms with Crippen LogP contribution in [0.25, 0.3) is 0 Å². The summed E-state index contributed by atoms with van der Waals surface area (Å²) in [6, 6.07) is -2.35. The SMILES string of the molecule is CC(NC(=O)N[C@H](C(=O)O)C(C)C)C(=O)N(C)C. The van der Waals surface area contributed by atoms with Gasteiger partial charge in [-0.3, -0.25) is 4.79 Å². The minimum atomic E-state index is -1.10. The van der Waals surface area contributed by atoms with E-state index in [0.29, 0.717) is 0 Å². The number of hydrogen-bond donors (Lipinski definition) is 3. The van der Waals surface area contributed by atoms with Gasteiger partial charge in [0.05, 0.1) is 0 Å². The largest absolute Gasteiger partial charge is 0.480 e. The zero-order valence-electron chi connectivity index (χ0n) is 11.4. The molecule has 0 heterocycles. The highest BCUT2D eigenvalue weighted by molar-refractivity contribution is 5.88. The first-order valence-corrected chi connectivity index (χ1v) is 5.67. The minimum Gasteiger partial charge on any atom is -0.480 e. The molecule has 0 fully saturated rings. The molecule has 0 aromatic carbocycles. The molecule has 0 aromatic heterocycles. The van der Waals surface area contributed by atoms with E-state index in [1.807, 2.05) is 0 Å². The normalized spacial score (nSPS) is 13.7. The highest BCUT2D eigenvalue weighted by Crippen LogP contribution is 2.01. The van der Waals surface area contributed by atoms with E-state index in [9.17, 15) is 14.4 Å². The van der Waals surface area contributed by atoms with Gasteiger partial charge in [-0.2, -0.15) is 0 Å². The first-order valence-electron chi connectivity index (χ1n) is 5.67. The Balaban J connectivity index is 4.42. The van der Waals surface area contributed by atoms with Crippen LogP contribution in [-0.2, 0) is 9.59 Å². The second-order valence-electron chi connectivity index (χ2n) is 4.63. The van der Waals surface area contributed by atoms with Crippen LogP contribution in [0.1, 0.15) is 20.8 Å². The zero-order valence-corrected chi connectivity index (χ0v) is 11.4. The lowest BCUT2D eigenvalue weighted by atomic mass is 10.1. The fourth-order valence-corrected chi connectivity index (χ4v) is 1.34. The van der Waals surface area contributed by atoms with Gasteiger partial charge in [-0.1, -0.05) is 13.8 Å². The number of rotatable bonds is 5. The molecule has 18 heavy (non-hydrogen) atoms. The van der Waals surface area contributed by atoms with Crippen molar-refractivity contribution in [2.45, 2.75) is 32.9 Å². The number of aliphatic carboxylic acids is 1. The zero-order chi connectivity index (χ0) is 14.5. The second kappa shape index (κ2) is 6.83. The van der Waals surface area contributed by atoms with Crippen LogP contribution in [0.4, 0.5) is 4.79 Å². The third-order valence-electron chi connectivity index (χ3n) is 2.38. The van der Waals surface area contributed by atoms with Gasteiger partial charge >= 0.3 is 12.0 Å². The molecule has 0 aromatic rings. The van der Waals surface area contributed by atoms with E-state index in [0.717, 1.165) is 0 Å². The summed E-state index contributed by atoms with van der Waals surface area (Å²) in [7, 11) is 3.15. The summed E-state index contributed by atoms with van der Waals surface area (Å²) >= 11 is 0. The lowest BCUT2D eigenvalue weighted by molar-refractivity contribution is -0.140. The Bertz CT molecular complexity index is 328. The Morgan fingerprint density at radius 1 is 1.06 bits per heavy atom. The number of likely N-dealkylation sites (N-methyl/N-ethyl adjacent to an activating group) is 1. The molecule has 0 radical (unpaired) electrons. The Labute approximate surface area is 107 Å². The monoisotopic (exact) mass is 259 g/mol. The molecular formula is C11H21N3O4. The van der Waals surface area contributed by atoms with Gasteiger partial charge in [0.2, 0.25) is 5.91 Å². The molecule has 3 N–H and O–H groups in total. The Morgan fingerprint density at radius 2 is 1.56 bits per heavy atom. The van der Waals surface area contributed by atoms with Crippen LogP contribution in [0.2, 0.25) is 0 Å². The summed E-state index contributed by atoms with van der Waals surface area (Å²) in [5.41, 5.74) is 0. The summed E-state index contributed by atoms with van der Waals surface area (Å²) < 4.78 is 0. The molecule has 104 valence electrons. The van der Waals surface area contributed by atoms with Gasteiger partial charge in [-0.25, -0.2) is 9.59 Å². The molecular weight excluding hydrogens is 238 g/mol. The lowest BCUT2D eigenvalue weighted by Crippen LogP contribution is -2.53. The van der Waals surface area contributed by atoms with E-state index in [-0.39, 0.29) is 11.8 Å². The number of amides is 3. The fraction of sp³-hybridized carbons (Fsp3) is 0.727. The molecule has 0 spiro atoms. The molecule has 7 heteroatoms. The molecule has 0 aliphatic rings. The third-order valence-corrected chi connectivity index (χ3v) is 2.38. The summed E-state index contributed by atoms with van der Waals surface area (Å²) in [5, 5.41) is 13.6. The van der Waals surface area contributed by atoms with Gasteiger partial charge in [0.25, 0.3) is 0 Å². The van der Waals surface area contributed by atoms with E-state index in [1.165, 1.54) is 11.8 Å². The van der Waals surface area contributed by atoms with Crippen molar-refractivity contribution in [3.63, 3.8) is 0 Å². The van der Waals surface area contributed by atoms with Gasteiger partial charge in [-0.15, -0.1) is 0 Å². The minimum absolute atomic E-state index is 0.242. The highest BCUT2D eigenvalue weighted by atomic mass is 16.4. The predicted molar refractivity (Wildman–Crippen MR) is 66.1 cm³/mol. The molecule has 7 nitrogen and oxygen atoms in total. The first-order chi connectivity index (χ1) is 8.16. The highest BCUT2D eigenvalue weighted by Gasteiger charge is 2.25. The van der Waals surface area contributed by atoms with Gasteiger partial charge in [-0.05, 0) is 12.8 Å². The number of nitrogens with one attached hydrogen (secondary N) is 2. The van der Waals surface area contributed by atoms with Crippen LogP contribution < -0.4 is 10.6 Å². The van der Waals surface area contributed by atoms with E-state index < -0.39 is 24.1 Å². The summed E-state index contributed by atoms with van der Waals surface area (Å²) in [5.74, 6) is -1.61. The van der Waals surface area contributed by atoms with Crippen molar-refractivity contribution in [2.24, 2.45) is 5.92 Å². The lowest BCUT2D eigenvalue weighted by Gasteiger charge is -2.21. The van der Waals surface area contributed by atoms with E-state index >= 15 is 0 Å². The predicted octanol–water partition coefficient (Wildman–Crippen LogP) is -0.128. The van der Waals surface area contributed by atoms with Gasteiger partial charge in [0.15, 0.2) is 0 Å². The van der Waals surface area contributed by atoms with Crippen LogP contribution in [0, 0.1) is 5.92 Å². The number of carbonyl (C=O) groups excluding carboxylic acids is 2. The maximum absolute atomic E-state index is 11.5.